The van der Waals surface area contributed by atoms with Crippen molar-refractivity contribution in [2.45, 2.75) is 25.9 Å². The minimum atomic E-state index is -0.364. The summed E-state index contributed by atoms with van der Waals surface area (Å²) in [6, 6.07) is 3.44. The first kappa shape index (κ1) is 11.6. The summed E-state index contributed by atoms with van der Waals surface area (Å²) in [5.74, 6) is 0.587. The summed E-state index contributed by atoms with van der Waals surface area (Å²) in [6.07, 6.45) is 1.08. The van der Waals surface area contributed by atoms with Crippen LogP contribution in [0.25, 0.3) is 5.65 Å². The zero-order valence-electron chi connectivity index (χ0n) is 9.55. The van der Waals surface area contributed by atoms with E-state index < -0.39 is 0 Å². The van der Waals surface area contributed by atoms with Crippen LogP contribution in [0.2, 0.25) is 0 Å². The first-order valence-corrected chi connectivity index (χ1v) is 5.57. The number of fused-ring (bicyclic) bond motifs is 1. The number of hydrogen-bond acceptors (Lipinski definition) is 5. The van der Waals surface area contributed by atoms with Gasteiger partial charge in [-0.2, -0.15) is 9.61 Å². The van der Waals surface area contributed by atoms with Gasteiger partial charge in [0.1, 0.15) is 5.82 Å². The van der Waals surface area contributed by atoms with E-state index in [9.17, 15) is 9.90 Å². The molecule has 3 N–H and O–H groups in total. The number of aliphatic hydroxyl groups excluding tert-OH is 1. The number of aliphatic hydroxyl groups is 1. The van der Waals surface area contributed by atoms with Gasteiger partial charge in [0, 0.05) is 6.54 Å². The van der Waals surface area contributed by atoms with Crippen molar-refractivity contribution >= 4 is 11.5 Å². The molecule has 2 aromatic heterocycles. The van der Waals surface area contributed by atoms with Crippen molar-refractivity contribution in [2.24, 2.45) is 0 Å². The second-order valence-electron chi connectivity index (χ2n) is 3.79. The Labute approximate surface area is 97.5 Å². The van der Waals surface area contributed by atoms with Crippen LogP contribution in [0.3, 0.4) is 0 Å². The number of nitrogens with one attached hydrogen (secondary N) is 2. The normalized spacial score (nSPS) is 12.8. The monoisotopic (exact) mass is 237 g/mol. The Balaban J connectivity index is 2.04. The van der Waals surface area contributed by atoms with Gasteiger partial charge in [-0.3, -0.25) is 0 Å². The predicted octanol–water partition coefficient (Wildman–Crippen LogP) is -0.00950. The van der Waals surface area contributed by atoms with Gasteiger partial charge in [0.05, 0.1) is 6.10 Å². The van der Waals surface area contributed by atoms with Gasteiger partial charge in [-0.25, -0.2) is 9.89 Å². The zero-order chi connectivity index (χ0) is 12.3. The highest BCUT2D eigenvalue weighted by Crippen LogP contribution is 2.04. The van der Waals surface area contributed by atoms with E-state index in [1.54, 1.807) is 12.1 Å². The van der Waals surface area contributed by atoms with E-state index in [1.807, 2.05) is 6.92 Å². The standard InChI is InChI=1S/C10H15N5O2/c1-2-7(16)5-6-11-8-3-4-9-12-13-10(17)15(9)14-8/h3-4,7,16H,2,5-6H2,1H3,(H,11,14)(H,13,17). The Hall–Kier alpha value is -1.89. The molecule has 7 nitrogen and oxygen atoms in total. The molecule has 0 aliphatic heterocycles. The average Bonchev–Trinajstić information content (AvgIpc) is 2.71. The van der Waals surface area contributed by atoms with Crippen molar-refractivity contribution in [3.8, 4) is 0 Å². The molecule has 1 atom stereocenters. The van der Waals surface area contributed by atoms with E-state index in [4.69, 9.17) is 0 Å². The maximum Gasteiger partial charge on any atom is 0.364 e. The summed E-state index contributed by atoms with van der Waals surface area (Å²) in [5.41, 5.74) is 0.117. The predicted molar refractivity (Wildman–Crippen MR) is 63.0 cm³/mol. The Morgan fingerprint density at radius 1 is 1.59 bits per heavy atom. The molecule has 2 heterocycles. The van der Waals surface area contributed by atoms with Gasteiger partial charge in [0.15, 0.2) is 5.65 Å². The van der Waals surface area contributed by atoms with Crippen LogP contribution in [-0.4, -0.2) is 37.6 Å². The molecule has 0 amide bonds. The van der Waals surface area contributed by atoms with Crippen LogP contribution < -0.4 is 11.0 Å². The van der Waals surface area contributed by atoms with Crippen molar-refractivity contribution in [3.05, 3.63) is 22.6 Å². The average molecular weight is 237 g/mol. The maximum atomic E-state index is 11.3. The molecular weight excluding hydrogens is 222 g/mol. The minimum absolute atomic E-state index is 0.303. The fourth-order valence-electron chi connectivity index (χ4n) is 1.47. The summed E-state index contributed by atoms with van der Waals surface area (Å²) in [5, 5.41) is 22.6. The first-order valence-electron chi connectivity index (χ1n) is 5.57. The lowest BCUT2D eigenvalue weighted by Crippen LogP contribution is -2.16. The second-order valence-corrected chi connectivity index (χ2v) is 3.79. The van der Waals surface area contributed by atoms with Gasteiger partial charge in [0.25, 0.3) is 0 Å². The largest absolute Gasteiger partial charge is 0.393 e. The minimum Gasteiger partial charge on any atom is -0.393 e. The summed E-state index contributed by atoms with van der Waals surface area (Å²) in [4.78, 5) is 11.3. The van der Waals surface area contributed by atoms with Crippen molar-refractivity contribution in [1.82, 2.24) is 19.8 Å². The molecule has 0 saturated carbocycles. The van der Waals surface area contributed by atoms with Crippen LogP contribution in [-0.2, 0) is 0 Å². The molecule has 17 heavy (non-hydrogen) atoms. The van der Waals surface area contributed by atoms with Crippen molar-refractivity contribution in [2.75, 3.05) is 11.9 Å². The molecule has 2 aromatic rings. The molecule has 0 aliphatic carbocycles. The van der Waals surface area contributed by atoms with E-state index in [-0.39, 0.29) is 11.8 Å². The first-order chi connectivity index (χ1) is 8.20. The lowest BCUT2D eigenvalue weighted by molar-refractivity contribution is 0.164. The third-order valence-corrected chi connectivity index (χ3v) is 2.53. The molecular formula is C10H15N5O2. The van der Waals surface area contributed by atoms with Gasteiger partial charge in [-0.1, -0.05) is 6.92 Å². The van der Waals surface area contributed by atoms with Gasteiger partial charge < -0.3 is 10.4 Å². The van der Waals surface area contributed by atoms with Crippen LogP contribution in [0.5, 0.6) is 0 Å². The molecule has 7 heteroatoms. The number of aromatic nitrogens is 4. The highest BCUT2D eigenvalue weighted by atomic mass is 16.3. The smallest absolute Gasteiger partial charge is 0.364 e. The molecule has 0 spiro atoms. The fraction of sp³-hybridized carbons (Fsp3) is 0.500. The molecule has 2 rings (SSSR count). The highest BCUT2D eigenvalue weighted by Gasteiger charge is 2.03. The van der Waals surface area contributed by atoms with Crippen LogP contribution >= 0.6 is 0 Å². The van der Waals surface area contributed by atoms with Crippen LogP contribution in [0.15, 0.2) is 16.9 Å². The van der Waals surface area contributed by atoms with Gasteiger partial charge in [0.2, 0.25) is 0 Å². The zero-order valence-corrected chi connectivity index (χ0v) is 9.55. The Kier molecular flexibility index (Phi) is 3.38. The Morgan fingerprint density at radius 2 is 2.41 bits per heavy atom. The molecule has 0 radical (unpaired) electrons. The van der Waals surface area contributed by atoms with Crippen LogP contribution in [0.1, 0.15) is 19.8 Å². The number of hydrogen-bond donors (Lipinski definition) is 3. The van der Waals surface area contributed by atoms with Gasteiger partial charge >= 0.3 is 5.69 Å². The lowest BCUT2D eigenvalue weighted by Gasteiger charge is -2.08. The second kappa shape index (κ2) is 4.96. The number of nitrogens with zero attached hydrogens (tertiary/aromatic N) is 3. The molecule has 0 fully saturated rings. The van der Waals surface area contributed by atoms with Crippen molar-refractivity contribution in [3.63, 3.8) is 0 Å². The highest BCUT2D eigenvalue weighted by molar-refractivity contribution is 5.42. The van der Waals surface area contributed by atoms with Crippen molar-refractivity contribution in [1.29, 1.82) is 0 Å². The molecule has 92 valence electrons. The molecule has 0 saturated heterocycles. The third-order valence-electron chi connectivity index (χ3n) is 2.53. The van der Waals surface area contributed by atoms with Gasteiger partial charge in [-0.15, -0.1) is 5.10 Å². The quantitative estimate of drug-likeness (QED) is 0.679. The Bertz CT molecular complexity index is 547. The maximum absolute atomic E-state index is 11.3. The van der Waals surface area contributed by atoms with E-state index in [1.165, 1.54) is 4.52 Å². The lowest BCUT2D eigenvalue weighted by atomic mass is 10.2. The molecule has 0 aromatic carbocycles. The molecule has 1 unspecified atom stereocenters. The fourth-order valence-corrected chi connectivity index (χ4v) is 1.47. The van der Waals surface area contributed by atoms with E-state index in [0.717, 1.165) is 6.42 Å². The van der Waals surface area contributed by atoms with Crippen LogP contribution in [0, 0.1) is 0 Å². The topological polar surface area (TPSA) is 95.3 Å². The Morgan fingerprint density at radius 3 is 3.18 bits per heavy atom. The number of rotatable bonds is 5. The molecule has 0 bridgehead atoms. The van der Waals surface area contributed by atoms with E-state index in [2.05, 4.69) is 20.6 Å². The number of anilines is 1. The third kappa shape index (κ3) is 2.62. The number of H-pyrrole nitrogens is 1. The molecule has 0 aliphatic rings. The summed E-state index contributed by atoms with van der Waals surface area (Å²) in [7, 11) is 0. The van der Waals surface area contributed by atoms with Crippen LogP contribution in [0.4, 0.5) is 5.82 Å². The van der Waals surface area contributed by atoms with Crippen molar-refractivity contribution < 1.29 is 5.11 Å². The summed E-state index contributed by atoms with van der Waals surface area (Å²) in [6.45, 7) is 2.54. The van der Waals surface area contributed by atoms with E-state index in [0.29, 0.717) is 24.4 Å². The summed E-state index contributed by atoms with van der Waals surface area (Å²) >= 11 is 0. The SMILES string of the molecule is CCC(O)CCNc1ccc2n[nH]c(=O)n2n1. The number of aromatic amines is 1. The van der Waals surface area contributed by atoms with E-state index >= 15 is 0 Å². The van der Waals surface area contributed by atoms with Gasteiger partial charge in [-0.05, 0) is 25.0 Å². The summed E-state index contributed by atoms with van der Waals surface area (Å²) < 4.78 is 1.19.